The Morgan fingerprint density at radius 1 is 1.16 bits per heavy atom. The van der Waals surface area contributed by atoms with E-state index in [0.29, 0.717) is 0 Å². The smallest absolute Gasteiger partial charge is 0.233 e. The van der Waals surface area contributed by atoms with Crippen LogP contribution in [0.5, 0.6) is 0 Å². The predicted octanol–water partition coefficient (Wildman–Crippen LogP) is 3.05. The zero-order chi connectivity index (χ0) is 18.3. The molecule has 0 spiro atoms. The second kappa shape index (κ2) is 8.55. The van der Waals surface area contributed by atoms with Crippen LogP contribution in [0.1, 0.15) is 17.5 Å². The van der Waals surface area contributed by atoms with E-state index in [9.17, 15) is 17.6 Å². The van der Waals surface area contributed by atoms with E-state index < -0.39 is 21.7 Å². The third-order valence-corrected chi connectivity index (χ3v) is 4.39. The highest BCUT2D eigenvalue weighted by Gasteiger charge is 2.09. The van der Waals surface area contributed by atoms with E-state index in [1.807, 2.05) is 6.07 Å². The molecule has 25 heavy (non-hydrogen) atoms. The molecule has 0 fully saturated rings. The van der Waals surface area contributed by atoms with Crippen molar-refractivity contribution in [3.63, 3.8) is 0 Å². The lowest BCUT2D eigenvalue weighted by atomic mass is 10.2. The van der Waals surface area contributed by atoms with Crippen molar-refractivity contribution >= 4 is 27.7 Å². The number of nitrogens with one attached hydrogen (secondary N) is 2. The van der Waals surface area contributed by atoms with Gasteiger partial charge in [0.15, 0.2) is 0 Å². The lowest BCUT2D eigenvalue weighted by Crippen LogP contribution is -2.26. The van der Waals surface area contributed by atoms with E-state index in [0.717, 1.165) is 16.5 Å². The van der Waals surface area contributed by atoms with Crippen molar-refractivity contribution in [1.29, 1.82) is 0 Å². The zero-order valence-electron chi connectivity index (χ0n) is 13.7. The number of hydrogen-bond acceptors (Lipinski definition) is 3. The van der Waals surface area contributed by atoms with Crippen LogP contribution in [0.2, 0.25) is 0 Å². The molecular weight excluding hydrogens is 343 g/mol. The summed E-state index contributed by atoms with van der Waals surface area (Å²) in [5.41, 5.74) is 1.57. The fourth-order valence-corrected chi connectivity index (χ4v) is 2.84. The number of halogens is 1. The maximum Gasteiger partial charge on any atom is 0.233 e. The molecule has 0 heterocycles. The standard InChI is InChI=1S/C18H19FN2O3S/c1-14-7-8-17(16(19)13-14)21-18(22)9-11-20-25(23,24)12-10-15-5-3-2-4-6-15/h2-8,10,12-13,20H,9,11H2,1H3,(H,21,22)/b12-10+. The molecule has 2 aromatic carbocycles. The molecule has 0 aliphatic heterocycles. The van der Waals surface area contributed by atoms with E-state index in [1.54, 1.807) is 37.3 Å². The molecule has 0 bridgehead atoms. The Kier molecular flexibility index (Phi) is 6.44. The number of benzene rings is 2. The third-order valence-electron chi connectivity index (χ3n) is 3.29. The summed E-state index contributed by atoms with van der Waals surface area (Å²) in [6.45, 7) is 1.66. The van der Waals surface area contributed by atoms with Crippen LogP contribution in [-0.4, -0.2) is 20.9 Å². The molecule has 2 rings (SSSR count). The third kappa shape index (κ3) is 6.48. The quantitative estimate of drug-likeness (QED) is 0.795. The SMILES string of the molecule is Cc1ccc(NC(=O)CCNS(=O)(=O)/C=C/c2ccccc2)c(F)c1. The van der Waals surface area contributed by atoms with Crippen molar-refractivity contribution in [3.8, 4) is 0 Å². The van der Waals surface area contributed by atoms with Crippen molar-refractivity contribution in [2.45, 2.75) is 13.3 Å². The average molecular weight is 362 g/mol. The zero-order valence-corrected chi connectivity index (χ0v) is 14.5. The number of carbonyl (C=O) groups excluding carboxylic acids is 1. The molecule has 2 N–H and O–H groups in total. The molecule has 0 saturated carbocycles. The number of aryl methyl sites for hydroxylation is 1. The minimum absolute atomic E-state index is 0.0717. The Bertz CT molecular complexity index is 865. The molecule has 7 heteroatoms. The van der Waals surface area contributed by atoms with Gasteiger partial charge in [-0.1, -0.05) is 36.4 Å². The van der Waals surface area contributed by atoms with Crippen LogP contribution in [-0.2, 0) is 14.8 Å². The van der Waals surface area contributed by atoms with Crippen molar-refractivity contribution in [3.05, 3.63) is 70.9 Å². The summed E-state index contributed by atoms with van der Waals surface area (Å²) < 4.78 is 39.6. The first-order chi connectivity index (χ1) is 11.9. The second-order valence-electron chi connectivity index (χ2n) is 5.43. The first-order valence-corrected chi connectivity index (χ1v) is 9.19. The largest absolute Gasteiger partial charge is 0.324 e. The molecule has 0 unspecified atom stereocenters. The number of carbonyl (C=O) groups is 1. The number of rotatable bonds is 7. The van der Waals surface area contributed by atoms with E-state index >= 15 is 0 Å². The molecule has 0 atom stereocenters. The Labute approximate surface area is 146 Å². The topological polar surface area (TPSA) is 75.3 Å². The van der Waals surface area contributed by atoms with Gasteiger partial charge < -0.3 is 5.32 Å². The molecule has 0 saturated heterocycles. The van der Waals surface area contributed by atoms with Crippen molar-refractivity contribution in [2.24, 2.45) is 0 Å². The minimum Gasteiger partial charge on any atom is -0.324 e. The van der Waals surface area contributed by atoms with Gasteiger partial charge in [-0.3, -0.25) is 4.79 Å². The predicted molar refractivity (Wildman–Crippen MR) is 96.8 cm³/mol. The van der Waals surface area contributed by atoms with E-state index in [-0.39, 0.29) is 18.7 Å². The summed E-state index contributed by atoms with van der Waals surface area (Å²) in [6, 6.07) is 13.4. The normalized spacial score (nSPS) is 11.6. The molecule has 1 amide bonds. The van der Waals surface area contributed by atoms with Crippen LogP contribution < -0.4 is 10.0 Å². The van der Waals surface area contributed by atoms with Crippen LogP contribution in [0.4, 0.5) is 10.1 Å². The highest BCUT2D eigenvalue weighted by Crippen LogP contribution is 2.15. The molecule has 0 radical (unpaired) electrons. The monoisotopic (exact) mass is 362 g/mol. The van der Waals surface area contributed by atoms with Crippen LogP contribution in [0.15, 0.2) is 53.9 Å². The van der Waals surface area contributed by atoms with E-state index in [4.69, 9.17) is 0 Å². The van der Waals surface area contributed by atoms with Gasteiger partial charge >= 0.3 is 0 Å². The fraction of sp³-hybridized carbons (Fsp3) is 0.167. The summed E-state index contributed by atoms with van der Waals surface area (Å²) in [7, 11) is -3.65. The van der Waals surface area contributed by atoms with Gasteiger partial charge in [0, 0.05) is 18.4 Å². The Balaban J connectivity index is 1.82. The van der Waals surface area contributed by atoms with Gasteiger partial charge in [0.25, 0.3) is 0 Å². The number of sulfonamides is 1. The van der Waals surface area contributed by atoms with Gasteiger partial charge in [-0.25, -0.2) is 17.5 Å². The van der Waals surface area contributed by atoms with Crippen molar-refractivity contribution in [1.82, 2.24) is 4.72 Å². The van der Waals surface area contributed by atoms with Gasteiger partial charge in [0.05, 0.1) is 5.69 Å². The Hall–Kier alpha value is -2.51. The summed E-state index contributed by atoms with van der Waals surface area (Å²) in [4.78, 5) is 11.8. The minimum atomic E-state index is -3.65. The highest BCUT2D eigenvalue weighted by molar-refractivity contribution is 7.92. The van der Waals surface area contributed by atoms with Crippen LogP contribution in [0.25, 0.3) is 6.08 Å². The van der Waals surface area contributed by atoms with Crippen molar-refractivity contribution < 1.29 is 17.6 Å². The number of amides is 1. The molecule has 5 nitrogen and oxygen atoms in total. The average Bonchev–Trinajstić information content (AvgIpc) is 2.56. The second-order valence-corrected chi connectivity index (χ2v) is 7.09. The summed E-state index contributed by atoms with van der Waals surface area (Å²) in [6.07, 6.45) is 1.36. The van der Waals surface area contributed by atoms with Crippen LogP contribution in [0, 0.1) is 12.7 Å². The van der Waals surface area contributed by atoms with Crippen molar-refractivity contribution in [2.75, 3.05) is 11.9 Å². The molecular formula is C18H19FN2O3S. The van der Waals surface area contributed by atoms with Gasteiger partial charge in [-0.2, -0.15) is 0 Å². The van der Waals surface area contributed by atoms with Gasteiger partial charge in [-0.05, 0) is 36.3 Å². The molecule has 2 aromatic rings. The van der Waals surface area contributed by atoms with Crippen LogP contribution in [0.3, 0.4) is 0 Å². The summed E-state index contributed by atoms with van der Waals surface area (Å²) >= 11 is 0. The number of anilines is 1. The van der Waals surface area contributed by atoms with E-state index in [2.05, 4.69) is 10.0 Å². The van der Waals surface area contributed by atoms with E-state index in [1.165, 1.54) is 18.2 Å². The molecule has 132 valence electrons. The van der Waals surface area contributed by atoms with Gasteiger partial charge in [0.2, 0.25) is 15.9 Å². The molecule has 0 aliphatic rings. The lowest BCUT2D eigenvalue weighted by Gasteiger charge is -2.07. The maximum absolute atomic E-state index is 13.6. The summed E-state index contributed by atoms with van der Waals surface area (Å²) in [5.74, 6) is -1.00. The fourth-order valence-electron chi connectivity index (χ4n) is 2.02. The van der Waals surface area contributed by atoms with Crippen LogP contribution >= 0.6 is 0 Å². The maximum atomic E-state index is 13.6. The first kappa shape index (κ1) is 18.8. The van der Waals surface area contributed by atoms with Gasteiger partial charge in [-0.15, -0.1) is 0 Å². The lowest BCUT2D eigenvalue weighted by molar-refractivity contribution is -0.116. The molecule has 0 aliphatic carbocycles. The highest BCUT2D eigenvalue weighted by atomic mass is 32.2. The Morgan fingerprint density at radius 3 is 2.56 bits per heavy atom. The Morgan fingerprint density at radius 2 is 1.88 bits per heavy atom. The number of hydrogen-bond donors (Lipinski definition) is 2. The molecule has 0 aromatic heterocycles. The first-order valence-electron chi connectivity index (χ1n) is 7.64. The summed E-state index contributed by atoms with van der Waals surface area (Å²) in [5, 5.41) is 3.46. The van der Waals surface area contributed by atoms with Gasteiger partial charge in [0.1, 0.15) is 5.82 Å².